The molecular formula is C15H24SSi. The minimum absolute atomic E-state index is 0.0746. The summed E-state index contributed by atoms with van der Waals surface area (Å²) in [4.78, 5) is 0.648. The molecule has 0 amide bonds. The second-order valence-electron chi connectivity index (χ2n) is 5.83. The summed E-state index contributed by atoms with van der Waals surface area (Å²) < 4.78 is 0. The molecule has 0 heterocycles. The number of benzene rings is 1. The van der Waals surface area contributed by atoms with Gasteiger partial charge in [-0.25, -0.2) is 0 Å². The smallest absolute Gasteiger partial charge is 0.0602 e. The van der Waals surface area contributed by atoms with E-state index < -0.39 is 8.07 Å². The van der Waals surface area contributed by atoms with Crippen molar-refractivity contribution in [1.29, 1.82) is 0 Å². The molecule has 1 aromatic rings. The molecule has 0 nitrogen and oxygen atoms in total. The standard InChI is InChI=1S/C15H24SSi/c1-7-15(2,13-11-9-8-10-12-13)14(16-3)17(4,5)6/h7-12,14H,1H2,2-6H3. The van der Waals surface area contributed by atoms with Crippen LogP contribution in [0.3, 0.4) is 0 Å². The summed E-state index contributed by atoms with van der Waals surface area (Å²) in [5.41, 5.74) is 1.46. The Balaban J connectivity index is 3.24. The third kappa shape index (κ3) is 3.05. The van der Waals surface area contributed by atoms with Crippen molar-refractivity contribution >= 4 is 19.8 Å². The van der Waals surface area contributed by atoms with Crippen LogP contribution in [0.2, 0.25) is 19.6 Å². The normalized spacial score (nSPS) is 17.2. The van der Waals surface area contributed by atoms with Crippen LogP contribution in [0, 0.1) is 0 Å². The average molecular weight is 265 g/mol. The molecule has 17 heavy (non-hydrogen) atoms. The van der Waals surface area contributed by atoms with E-state index >= 15 is 0 Å². The first-order valence-corrected chi connectivity index (χ1v) is 10.9. The van der Waals surface area contributed by atoms with Crippen molar-refractivity contribution in [2.45, 2.75) is 36.9 Å². The van der Waals surface area contributed by atoms with Crippen LogP contribution in [-0.2, 0) is 5.41 Å². The lowest BCUT2D eigenvalue weighted by molar-refractivity contribution is 0.639. The van der Waals surface area contributed by atoms with Crippen molar-refractivity contribution in [1.82, 2.24) is 0 Å². The summed E-state index contributed by atoms with van der Waals surface area (Å²) in [5, 5.41) is 0. The van der Waals surface area contributed by atoms with Gasteiger partial charge in [-0.1, -0.05) is 63.0 Å². The van der Waals surface area contributed by atoms with E-state index in [1.165, 1.54) is 5.56 Å². The Hall–Kier alpha value is -0.473. The number of hydrogen-bond acceptors (Lipinski definition) is 1. The largest absolute Gasteiger partial charge is 0.164 e. The highest BCUT2D eigenvalue weighted by molar-refractivity contribution is 8.01. The third-order valence-electron chi connectivity index (χ3n) is 3.39. The predicted molar refractivity (Wildman–Crippen MR) is 84.6 cm³/mol. The van der Waals surface area contributed by atoms with Crippen molar-refractivity contribution < 1.29 is 0 Å². The molecule has 0 aliphatic heterocycles. The van der Waals surface area contributed by atoms with Gasteiger partial charge in [0.25, 0.3) is 0 Å². The molecule has 0 saturated carbocycles. The monoisotopic (exact) mass is 264 g/mol. The Morgan fingerprint density at radius 2 is 1.76 bits per heavy atom. The van der Waals surface area contributed by atoms with Crippen molar-refractivity contribution in [3.8, 4) is 0 Å². The van der Waals surface area contributed by atoms with Gasteiger partial charge in [0.05, 0.1) is 8.07 Å². The van der Waals surface area contributed by atoms with E-state index in [4.69, 9.17) is 0 Å². The van der Waals surface area contributed by atoms with Crippen LogP contribution in [0.5, 0.6) is 0 Å². The Bertz CT molecular complexity index is 366. The zero-order valence-electron chi connectivity index (χ0n) is 11.7. The number of rotatable bonds is 5. The SMILES string of the molecule is C=CC(C)(c1ccccc1)C(SC)[Si](C)(C)C. The summed E-state index contributed by atoms with van der Waals surface area (Å²) in [6.45, 7) is 13.8. The molecule has 1 rings (SSSR count). The summed E-state index contributed by atoms with van der Waals surface area (Å²) in [7, 11) is -1.23. The van der Waals surface area contributed by atoms with Crippen molar-refractivity contribution in [2.24, 2.45) is 0 Å². The highest BCUT2D eigenvalue weighted by Crippen LogP contribution is 2.40. The molecule has 0 saturated heterocycles. The van der Waals surface area contributed by atoms with Crippen LogP contribution in [0.4, 0.5) is 0 Å². The number of hydrogen-bond donors (Lipinski definition) is 0. The van der Waals surface area contributed by atoms with Gasteiger partial charge in [-0.3, -0.25) is 0 Å². The molecule has 2 atom stereocenters. The lowest BCUT2D eigenvalue weighted by atomic mass is 9.84. The maximum Gasteiger partial charge on any atom is 0.0602 e. The maximum atomic E-state index is 4.10. The Kier molecular flexibility index (Phi) is 4.67. The molecule has 0 bridgehead atoms. The summed E-state index contributed by atoms with van der Waals surface area (Å²) >= 11 is 1.99. The van der Waals surface area contributed by atoms with Crippen LogP contribution < -0.4 is 0 Å². The van der Waals surface area contributed by atoms with Gasteiger partial charge in [0, 0.05) is 10.3 Å². The Morgan fingerprint density at radius 3 is 2.12 bits per heavy atom. The predicted octanol–water partition coefficient (Wildman–Crippen LogP) is 4.74. The van der Waals surface area contributed by atoms with Crippen LogP contribution in [-0.4, -0.2) is 19.2 Å². The van der Waals surface area contributed by atoms with Crippen molar-refractivity contribution in [3.63, 3.8) is 0 Å². The van der Waals surface area contributed by atoms with Crippen LogP contribution >= 0.6 is 11.8 Å². The fraction of sp³-hybridized carbons (Fsp3) is 0.467. The summed E-state index contributed by atoms with van der Waals surface area (Å²) in [5.74, 6) is 0. The molecule has 0 radical (unpaired) electrons. The van der Waals surface area contributed by atoms with E-state index in [0.717, 1.165) is 0 Å². The maximum absolute atomic E-state index is 4.10. The molecule has 0 aromatic heterocycles. The minimum Gasteiger partial charge on any atom is -0.164 e. The Morgan fingerprint density at radius 1 is 1.24 bits per heavy atom. The zero-order chi connectivity index (χ0) is 13.1. The molecule has 0 aliphatic carbocycles. The topological polar surface area (TPSA) is 0 Å². The third-order valence-corrected chi connectivity index (χ3v) is 9.35. The van der Waals surface area contributed by atoms with Crippen LogP contribution in [0.25, 0.3) is 0 Å². The van der Waals surface area contributed by atoms with Gasteiger partial charge in [0.15, 0.2) is 0 Å². The van der Waals surface area contributed by atoms with Crippen LogP contribution in [0.15, 0.2) is 43.0 Å². The quantitative estimate of drug-likeness (QED) is 0.547. The van der Waals surface area contributed by atoms with Gasteiger partial charge < -0.3 is 0 Å². The van der Waals surface area contributed by atoms with E-state index in [1.807, 2.05) is 11.8 Å². The van der Waals surface area contributed by atoms with E-state index in [1.54, 1.807) is 0 Å². The van der Waals surface area contributed by atoms with Crippen molar-refractivity contribution in [3.05, 3.63) is 48.6 Å². The van der Waals surface area contributed by atoms with E-state index in [2.05, 4.69) is 75.8 Å². The molecular weight excluding hydrogens is 240 g/mol. The first-order chi connectivity index (χ1) is 7.86. The molecule has 0 fully saturated rings. The molecule has 2 unspecified atom stereocenters. The number of allylic oxidation sites excluding steroid dienone is 1. The van der Waals surface area contributed by atoms with Gasteiger partial charge in [0.1, 0.15) is 0 Å². The zero-order valence-corrected chi connectivity index (χ0v) is 13.5. The Labute approximate surface area is 112 Å². The van der Waals surface area contributed by atoms with Gasteiger partial charge in [-0.15, -0.1) is 6.58 Å². The fourth-order valence-corrected chi connectivity index (χ4v) is 8.31. The molecule has 0 aliphatic rings. The molecule has 0 spiro atoms. The average Bonchev–Trinajstić information content (AvgIpc) is 2.29. The van der Waals surface area contributed by atoms with Gasteiger partial charge in [0.2, 0.25) is 0 Å². The second kappa shape index (κ2) is 5.45. The summed E-state index contributed by atoms with van der Waals surface area (Å²) in [6.07, 6.45) is 4.37. The van der Waals surface area contributed by atoms with Crippen molar-refractivity contribution in [2.75, 3.05) is 6.26 Å². The van der Waals surface area contributed by atoms with Crippen LogP contribution in [0.1, 0.15) is 12.5 Å². The lowest BCUT2D eigenvalue weighted by Crippen LogP contribution is -2.48. The second-order valence-corrected chi connectivity index (χ2v) is 12.5. The summed E-state index contributed by atoms with van der Waals surface area (Å²) in [6, 6.07) is 10.8. The van der Waals surface area contributed by atoms with Gasteiger partial charge in [-0.2, -0.15) is 11.8 Å². The van der Waals surface area contributed by atoms with E-state index in [0.29, 0.717) is 4.87 Å². The van der Waals surface area contributed by atoms with E-state index in [9.17, 15) is 0 Å². The highest BCUT2D eigenvalue weighted by Gasteiger charge is 2.40. The molecule has 0 N–H and O–H groups in total. The molecule has 1 aromatic carbocycles. The van der Waals surface area contributed by atoms with E-state index in [-0.39, 0.29) is 5.41 Å². The molecule has 94 valence electrons. The molecule has 2 heteroatoms. The fourth-order valence-electron chi connectivity index (χ4n) is 2.67. The first kappa shape index (κ1) is 14.6. The van der Waals surface area contributed by atoms with Gasteiger partial charge in [-0.05, 0) is 11.8 Å². The number of thioether (sulfide) groups is 1. The lowest BCUT2D eigenvalue weighted by Gasteiger charge is -2.41. The highest BCUT2D eigenvalue weighted by atomic mass is 32.2. The van der Waals surface area contributed by atoms with Gasteiger partial charge >= 0.3 is 0 Å². The first-order valence-electron chi connectivity index (χ1n) is 6.08. The minimum atomic E-state index is -1.23.